The molecule has 21 heavy (non-hydrogen) atoms. The summed E-state index contributed by atoms with van der Waals surface area (Å²) in [4.78, 5) is 11.6. The van der Waals surface area contributed by atoms with E-state index in [2.05, 4.69) is 37.2 Å². The van der Waals surface area contributed by atoms with Gasteiger partial charge in [0.05, 0.1) is 6.54 Å². The summed E-state index contributed by atoms with van der Waals surface area (Å²) in [7, 11) is -2.36. The fraction of sp³-hybridized carbons (Fsp3) is 0.417. The van der Waals surface area contributed by atoms with Gasteiger partial charge in [0.1, 0.15) is 4.90 Å². The van der Waals surface area contributed by atoms with E-state index in [1.54, 1.807) is 0 Å². The molecular weight excluding hydrogens is 426 g/mol. The van der Waals surface area contributed by atoms with Crippen molar-refractivity contribution in [3.8, 4) is 0 Å². The van der Waals surface area contributed by atoms with Crippen LogP contribution in [-0.4, -0.2) is 38.8 Å². The first kappa shape index (κ1) is 18.4. The van der Waals surface area contributed by atoms with Crippen LogP contribution in [0.2, 0.25) is 0 Å². The summed E-state index contributed by atoms with van der Waals surface area (Å²) in [6.07, 6.45) is 0.598. The lowest BCUT2D eigenvalue weighted by Crippen LogP contribution is -2.40. The Bertz CT molecular complexity index is 612. The minimum absolute atomic E-state index is 0.0639. The van der Waals surface area contributed by atoms with Gasteiger partial charge < -0.3 is 11.1 Å². The molecule has 118 valence electrons. The van der Waals surface area contributed by atoms with Crippen LogP contribution in [0.15, 0.2) is 26.0 Å². The second kappa shape index (κ2) is 7.57. The van der Waals surface area contributed by atoms with Crippen molar-refractivity contribution in [1.29, 1.82) is 0 Å². The molecule has 0 aromatic heterocycles. The van der Waals surface area contributed by atoms with Crippen LogP contribution in [0.4, 0.5) is 5.69 Å². The second-order valence-corrected chi connectivity index (χ2v) is 7.91. The molecule has 0 heterocycles. The third-order valence-corrected chi connectivity index (χ3v) is 6.41. The molecule has 0 atom stereocenters. The number of nitrogens with two attached hydrogens (primary N) is 1. The first-order valence-corrected chi connectivity index (χ1v) is 9.21. The number of halogens is 2. The Morgan fingerprint density at radius 3 is 2.29 bits per heavy atom. The summed E-state index contributed by atoms with van der Waals surface area (Å²) in [5.74, 6) is -0.366. The Morgan fingerprint density at radius 1 is 1.33 bits per heavy atom. The largest absolute Gasteiger partial charge is 0.399 e. The van der Waals surface area contributed by atoms with Gasteiger partial charge >= 0.3 is 0 Å². The molecule has 9 heteroatoms. The van der Waals surface area contributed by atoms with Crippen molar-refractivity contribution >= 4 is 53.5 Å². The quantitative estimate of drug-likeness (QED) is 0.658. The normalized spacial score (nSPS) is 11.7. The third kappa shape index (κ3) is 4.41. The molecule has 0 bridgehead atoms. The predicted octanol–water partition coefficient (Wildman–Crippen LogP) is 1.94. The van der Waals surface area contributed by atoms with Gasteiger partial charge in [0.2, 0.25) is 15.9 Å². The molecule has 0 spiro atoms. The summed E-state index contributed by atoms with van der Waals surface area (Å²) in [6.45, 7) is 1.87. The minimum atomic E-state index is -3.82. The van der Waals surface area contributed by atoms with Crippen LogP contribution in [-0.2, 0) is 14.8 Å². The van der Waals surface area contributed by atoms with Gasteiger partial charge in [-0.25, -0.2) is 8.42 Å². The van der Waals surface area contributed by atoms with Crippen molar-refractivity contribution in [2.24, 2.45) is 0 Å². The topological polar surface area (TPSA) is 92.5 Å². The van der Waals surface area contributed by atoms with E-state index in [0.29, 0.717) is 21.1 Å². The van der Waals surface area contributed by atoms with E-state index in [1.807, 2.05) is 6.92 Å². The Hall–Kier alpha value is -0.640. The van der Waals surface area contributed by atoms with Crippen LogP contribution < -0.4 is 11.1 Å². The molecule has 0 fully saturated rings. The maximum atomic E-state index is 12.8. The molecule has 0 aliphatic carbocycles. The average molecular weight is 443 g/mol. The predicted molar refractivity (Wildman–Crippen MR) is 89.4 cm³/mol. The van der Waals surface area contributed by atoms with E-state index in [0.717, 1.165) is 4.31 Å². The van der Waals surface area contributed by atoms with Crippen LogP contribution in [0.1, 0.15) is 13.3 Å². The third-order valence-electron chi connectivity index (χ3n) is 2.69. The number of hydrogen-bond donors (Lipinski definition) is 2. The number of anilines is 1. The Labute approximate surface area is 141 Å². The van der Waals surface area contributed by atoms with Crippen LogP contribution in [0.5, 0.6) is 0 Å². The Balaban J connectivity index is 3.32. The lowest BCUT2D eigenvalue weighted by Gasteiger charge is -2.22. The molecular formula is C12H17Br2N3O3S. The molecule has 0 radical (unpaired) electrons. The number of likely N-dealkylation sites (N-methyl/N-ethyl adjacent to an activating group) is 1. The average Bonchev–Trinajstić information content (AvgIpc) is 2.36. The van der Waals surface area contributed by atoms with Gasteiger partial charge in [-0.3, -0.25) is 4.79 Å². The minimum Gasteiger partial charge on any atom is -0.399 e. The number of carbonyl (C=O) groups is 1. The molecule has 0 unspecified atom stereocenters. The smallest absolute Gasteiger partial charge is 0.245 e. The van der Waals surface area contributed by atoms with Gasteiger partial charge in [0.25, 0.3) is 0 Å². The van der Waals surface area contributed by atoms with Crippen molar-refractivity contribution in [2.75, 3.05) is 25.9 Å². The van der Waals surface area contributed by atoms with Crippen molar-refractivity contribution < 1.29 is 13.2 Å². The number of hydrogen-bond acceptors (Lipinski definition) is 4. The second-order valence-electron chi connectivity index (χ2n) is 4.33. The molecule has 1 rings (SSSR count). The lowest BCUT2D eigenvalue weighted by atomic mass is 10.3. The standard InChI is InChI=1S/C12H17Br2N3O3S/c1-3-4-17(7-11(18)16-2)21(19,20)12-9(13)5-8(15)6-10(12)14/h5-6H,3-4,7,15H2,1-2H3,(H,16,18). The number of amides is 1. The van der Waals surface area contributed by atoms with Crippen LogP contribution in [0.3, 0.4) is 0 Å². The van der Waals surface area contributed by atoms with Crippen molar-refractivity contribution in [3.63, 3.8) is 0 Å². The SMILES string of the molecule is CCCN(CC(=O)NC)S(=O)(=O)c1c(Br)cc(N)cc1Br. The van der Waals surface area contributed by atoms with Crippen LogP contribution in [0.25, 0.3) is 0 Å². The number of carbonyl (C=O) groups excluding carboxylic acids is 1. The van der Waals surface area contributed by atoms with Gasteiger partial charge in [0, 0.05) is 28.2 Å². The first-order chi connectivity index (χ1) is 9.73. The van der Waals surface area contributed by atoms with Crippen molar-refractivity contribution in [2.45, 2.75) is 18.2 Å². The molecule has 3 N–H and O–H groups in total. The highest BCUT2D eigenvalue weighted by atomic mass is 79.9. The number of nitrogens with zero attached hydrogens (tertiary/aromatic N) is 1. The number of sulfonamides is 1. The maximum Gasteiger partial charge on any atom is 0.245 e. The molecule has 0 saturated carbocycles. The highest BCUT2D eigenvalue weighted by Gasteiger charge is 2.30. The molecule has 1 amide bonds. The van der Waals surface area contributed by atoms with E-state index in [4.69, 9.17) is 5.73 Å². The van der Waals surface area contributed by atoms with E-state index < -0.39 is 10.0 Å². The van der Waals surface area contributed by atoms with Gasteiger partial charge in [-0.05, 0) is 50.4 Å². The van der Waals surface area contributed by atoms with Crippen LogP contribution >= 0.6 is 31.9 Å². The summed E-state index contributed by atoms with van der Waals surface area (Å²) >= 11 is 6.44. The van der Waals surface area contributed by atoms with Crippen molar-refractivity contribution in [3.05, 3.63) is 21.1 Å². The number of nitrogens with one attached hydrogen (secondary N) is 1. The van der Waals surface area contributed by atoms with Gasteiger partial charge in [0.15, 0.2) is 0 Å². The van der Waals surface area contributed by atoms with Crippen LogP contribution in [0, 0.1) is 0 Å². The molecule has 1 aromatic carbocycles. The monoisotopic (exact) mass is 441 g/mol. The van der Waals surface area contributed by atoms with E-state index in [9.17, 15) is 13.2 Å². The zero-order valence-corrected chi connectivity index (χ0v) is 15.7. The van der Waals surface area contributed by atoms with E-state index in [-0.39, 0.29) is 23.9 Å². The Kier molecular flexibility index (Phi) is 6.64. The molecule has 0 aliphatic rings. The summed E-state index contributed by atoms with van der Waals surface area (Å²) < 4.78 is 27.4. The number of benzene rings is 1. The molecule has 6 nitrogen and oxygen atoms in total. The zero-order valence-electron chi connectivity index (χ0n) is 11.7. The van der Waals surface area contributed by atoms with E-state index >= 15 is 0 Å². The lowest BCUT2D eigenvalue weighted by molar-refractivity contribution is -0.120. The van der Waals surface area contributed by atoms with Gasteiger partial charge in [-0.15, -0.1) is 0 Å². The first-order valence-electron chi connectivity index (χ1n) is 6.19. The molecule has 0 saturated heterocycles. The van der Waals surface area contributed by atoms with Crippen molar-refractivity contribution in [1.82, 2.24) is 9.62 Å². The highest BCUT2D eigenvalue weighted by molar-refractivity contribution is 9.11. The number of rotatable bonds is 6. The van der Waals surface area contributed by atoms with E-state index in [1.165, 1.54) is 19.2 Å². The van der Waals surface area contributed by atoms with Gasteiger partial charge in [-0.2, -0.15) is 4.31 Å². The highest BCUT2D eigenvalue weighted by Crippen LogP contribution is 2.34. The Morgan fingerprint density at radius 2 is 1.86 bits per heavy atom. The van der Waals surface area contributed by atoms with Gasteiger partial charge in [-0.1, -0.05) is 6.92 Å². The number of nitrogen functional groups attached to an aromatic ring is 1. The zero-order chi connectivity index (χ0) is 16.2. The molecule has 1 aromatic rings. The summed E-state index contributed by atoms with van der Waals surface area (Å²) in [5, 5.41) is 2.43. The fourth-order valence-corrected chi connectivity index (χ4v) is 5.76. The molecule has 0 aliphatic heterocycles. The summed E-state index contributed by atoms with van der Waals surface area (Å²) in [6, 6.07) is 3.03. The maximum absolute atomic E-state index is 12.8. The summed E-state index contributed by atoms with van der Waals surface area (Å²) in [5.41, 5.74) is 6.11. The fourth-order valence-electron chi connectivity index (χ4n) is 1.73.